The largest absolute Gasteiger partial charge is 0.324 e. The fourth-order valence-corrected chi connectivity index (χ4v) is 3.13. The molecule has 8 heteroatoms. The standard InChI is InChI=1S/C20H28N6O2/c1-12-11-17(27)24-18(21-12)26-16(10-13(2)25-26)23-19(28)22-15-8-6-14(7-9-15)20(3,4)5/h6-10,12,18,21H,11H2,1-5H3,(H,24,27)(H2,22,23,28). The van der Waals surface area contributed by atoms with Crippen LogP contribution in [-0.2, 0) is 10.2 Å². The Kier molecular flexibility index (Phi) is 5.42. The van der Waals surface area contributed by atoms with E-state index in [1.54, 1.807) is 10.7 Å². The molecule has 8 nitrogen and oxygen atoms in total. The van der Waals surface area contributed by atoms with Crippen molar-refractivity contribution in [3.63, 3.8) is 0 Å². The second-order valence-electron chi connectivity index (χ2n) is 8.26. The molecule has 0 saturated carbocycles. The Morgan fingerprint density at radius 1 is 1.21 bits per heavy atom. The van der Waals surface area contributed by atoms with Crippen LogP contribution in [0, 0.1) is 6.92 Å². The minimum atomic E-state index is -0.508. The number of carbonyl (C=O) groups excluding carboxylic acids is 2. The second kappa shape index (κ2) is 7.63. The molecule has 0 spiro atoms. The van der Waals surface area contributed by atoms with Crippen molar-refractivity contribution < 1.29 is 9.59 Å². The van der Waals surface area contributed by atoms with Gasteiger partial charge in [0, 0.05) is 24.2 Å². The Hall–Kier alpha value is -2.87. The Morgan fingerprint density at radius 2 is 1.89 bits per heavy atom. The van der Waals surface area contributed by atoms with Crippen LogP contribution in [0.1, 0.15) is 51.7 Å². The molecule has 1 saturated heterocycles. The predicted molar refractivity (Wildman–Crippen MR) is 109 cm³/mol. The van der Waals surface area contributed by atoms with Gasteiger partial charge in [0.25, 0.3) is 0 Å². The van der Waals surface area contributed by atoms with E-state index in [1.165, 1.54) is 5.56 Å². The third-order valence-corrected chi connectivity index (χ3v) is 4.58. The van der Waals surface area contributed by atoms with Gasteiger partial charge in [0.15, 0.2) is 6.29 Å². The van der Waals surface area contributed by atoms with E-state index in [0.717, 1.165) is 5.69 Å². The summed E-state index contributed by atoms with van der Waals surface area (Å²) in [5, 5.41) is 16.1. The number of amides is 3. The number of aromatic nitrogens is 2. The van der Waals surface area contributed by atoms with E-state index < -0.39 is 6.29 Å². The number of aryl methyl sites for hydroxylation is 1. The molecule has 1 fully saturated rings. The summed E-state index contributed by atoms with van der Waals surface area (Å²) >= 11 is 0. The molecule has 2 atom stereocenters. The molecule has 0 aliphatic carbocycles. The van der Waals surface area contributed by atoms with Crippen LogP contribution < -0.4 is 21.3 Å². The highest BCUT2D eigenvalue weighted by atomic mass is 16.2. The smallest absolute Gasteiger partial charge is 0.322 e. The lowest BCUT2D eigenvalue weighted by Crippen LogP contribution is -2.52. The maximum Gasteiger partial charge on any atom is 0.324 e. The van der Waals surface area contributed by atoms with Crippen LogP contribution in [0.2, 0.25) is 0 Å². The monoisotopic (exact) mass is 384 g/mol. The number of nitrogens with one attached hydrogen (secondary N) is 4. The second-order valence-corrected chi connectivity index (χ2v) is 8.26. The van der Waals surface area contributed by atoms with Gasteiger partial charge >= 0.3 is 6.03 Å². The van der Waals surface area contributed by atoms with Gasteiger partial charge in [-0.3, -0.25) is 15.4 Å². The molecule has 1 aromatic heterocycles. The van der Waals surface area contributed by atoms with E-state index in [-0.39, 0.29) is 23.4 Å². The molecule has 3 amide bonds. The summed E-state index contributed by atoms with van der Waals surface area (Å²) in [5.41, 5.74) is 2.69. The summed E-state index contributed by atoms with van der Waals surface area (Å²) < 4.78 is 1.57. The fourth-order valence-electron chi connectivity index (χ4n) is 3.13. The van der Waals surface area contributed by atoms with Crippen molar-refractivity contribution in [3.8, 4) is 0 Å². The first-order chi connectivity index (χ1) is 13.1. The van der Waals surface area contributed by atoms with Crippen LogP contribution in [0.3, 0.4) is 0 Å². The van der Waals surface area contributed by atoms with Gasteiger partial charge in [-0.1, -0.05) is 32.9 Å². The van der Waals surface area contributed by atoms with Crippen molar-refractivity contribution in [1.82, 2.24) is 20.4 Å². The highest BCUT2D eigenvalue weighted by Gasteiger charge is 2.26. The zero-order valence-corrected chi connectivity index (χ0v) is 17.0. The third-order valence-electron chi connectivity index (χ3n) is 4.58. The molecule has 28 heavy (non-hydrogen) atoms. The van der Waals surface area contributed by atoms with E-state index in [4.69, 9.17) is 0 Å². The van der Waals surface area contributed by atoms with Crippen LogP contribution in [-0.4, -0.2) is 27.8 Å². The van der Waals surface area contributed by atoms with Gasteiger partial charge in [-0.05, 0) is 37.0 Å². The Labute approximate surface area is 165 Å². The molecule has 2 unspecified atom stereocenters. The average Bonchev–Trinajstić information content (AvgIpc) is 2.94. The van der Waals surface area contributed by atoms with Crippen molar-refractivity contribution in [3.05, 3.63) is 41.6 Å². The molecule has 4 N–H and O–H groups in total. The summed E-state index contributed by atoms with van der Waals surface area (Å²) in [6.45, 7) is 10.2. The number of nitrogens with zero attached hydrogens (tertiary/aromatic N) is 2. The third kappa shape index (κ3) is 4.69. The summed E-state index contributed by atoms with van der Waals surface area (Å²) in [5.74, 6) is 0.437. The summed E-state index contributed by atoms with van der Waals surface area (Å²) in [6.07, 6.45) is -0.101. The van der Waals surface area contributed by atoms with E-state index in [2.05, 4.69) is 47.1 Å². The SMILES string of the molecule is Cc1cc(NC(=O)Nc2ccc(C(C)(C)C)cc2)n(C2NC(=O)CC(C)N2)n1. The van der Waals surface area contributed by atoms with E-state index in [9.17, 15) is 9.59 Å². The topological polar surface area (TPSA) is 100 Å². The van der Waals surface area contributed by atoms with E-state index >= 15 is 0 Å². The van der Waals surface area contributed by atoms with Gasteiger partial charge in [-0.2, -0.15) is 5.10 Å². The lowest BCUT2D eigenvalue weighted by molar-refractivity contribution is -0.125. The van der Waals surface area contributed by atoms with Gasteiger partial charge in [-0.25, -0.2) is 9.48 Å². The molecule has 150 valence electrons. The molecule has 2 heterocycles. The zero-order chi connectivity index (χ0) is 20.5. The van der Waals surface area contributed by atoms with Crippen molar-refractivity contribution in [2.45, 2.75) is 58.8 Å². The highest BCUT2D eigenvalue weighted by Crippen LogP contribution is 2.23. The number of carbonyl (C=O) groups is 2. The minimum Gasteiger partial charge on any atom is -0.322 e. The van der Waals surface area contributed by atoms with Crippen LogP contribution in [0.5, 0.6) is 0 Å². The molecular formula is C20H28N6O2. The van der Waals surface area contributed by atoms with Crippen molar-refractivity contribution in [2.24, 2.45) is 0 Å². The van der Waals surface area contributed by atoms with Gasteiger partial charge in [0.05, 0.1) is 5.69 Å². The Morgan fingerprint density at radius 3 is 2.50 bits per heavy atom. The van der Waals surface area contributed by atoms with Gasteiger partial charge in [0.2, 0.25) is 5.91 Å². The van der Waals surface area contributed by atoms with Crippen molar-refractivity contribution >= 4 is 23.4 Å². The molecule has 1 aliphatic heterocycles. The molecular weight excluding hydrogens is 356 g/mol. The number of benzene rings is 1. The maximum absolute atomic E-state index is 12.5. The normalized spacial score (nSPS) is 19.8. The number of anilines is 2. The molecule has 2 aromatic rings. The fraction of sp³-hybridized carbons (Fsp3) is 0.450. The van der Waals surface area contributed by atoms with Gasteiger partial charge < -0.3 is 10.6 Å². The lowest BCUT2D eigenvalue weighted by atomic mass is 9.87. The quantitative estimate of drug-likeness (QED) is 0.653. The number of urea groups is 1. The van der Waals surface area contributed by atoms with E-state index in [0.29, 0.717) is 17.9 Å². The Balaban J connectivity index is 1.70. The van der Waals surface area contributed by atoms with Crippen LogP contribution >= 0.6 is 0 Å². The Bertz CT molecular complexity index is 866. The molecule has 1 aliphatic rings. The van der Waals surface area contributed by atoms with Crippen LogP contribution in [0.15, 0.2) is 30.3 Å². The van der Waals surface area contributed by atoms with Gasteiger partial charge in [0.1, 0.15) is 5.82 Å². The molecule has 3 rings (SSSR count). The van der Waals surface area contributed by atoms with Crippen LogP contribution in [0.25, 0.3) is 0 Å². The first kappa shape index (κ1) is 19.9. The minimum absolute atomic E-state index is 0.0197. The summed E-state index contributed by atoms with van der Waals surface area (Å²) in [4.78, 5) is 24.3. The van der Waals surface area contributed by atoms with E-state index in [1.807, 2.05) is 38.1 Å². The number of hydrogen-bond acceptors (Lipinski definition) is 4. The van der Waals surface area contributed by atoms with Crippen molar-refractivity contribution in [2.75, 3.05) is 10.6 Å². The summed E-state index contributed by atoms with van der Waals surface area (Å²) in [7, 11) is 0. The lowest BCUT2D eigenvalue weighted by Gasteiger charge is -2.30. The first-order valence-electron chi connectivity index (χ1n) is 9.42. The van der Waals surface area contributed by atoms with Crippen molar-refractivity contribution in [1.29, 1.82) is 0 Å². The highest BCUT2D eigenvalue weighted by molar-refractivity contribution is 5.99. The maximum atomic E-state index is 12.5. The molecule has 0 bridgehead atoms. The van der Waals surface area contributed by atoms with Crippen LogP contribution in [0.4, 0.5) is 16.3 Å². The summed E-state index contributed by atoms with van der Waals surface area (Å²) in [6, 6.07) is 9.18. The first-order valence-corrected chi connectivity index (χ1v) is 9.42. The predicted octanol–water partition coefficient (Wildman–Crippen LogP) is 3.09. The zero-order valence-electron chi connectivity index (χ0n) is 17.0. The average molecular weight is 384 g/mol. The number of hydrogen-bond donors (Lipinski definition) is 4. The molecule has 1 aromatic carbocycles. The van der Waals surface area contributed by atoms with Gasteiger partial charge in [-0.15, -0.1) is 0 Å². The number of rotatable bonds is 3. The molecule has 0 radical (unpaired) electrons.